The molecule has 0 spiro atoms. The van der Waals surface area contributed by atoms with Crippen LogP contribution in [0.2, 0.25) is 0 Å². The molecule has 1 saturated heterocycles. The normalized spacial score (nSPS) is 19.2. The Morgan fingerprint density at radius 1 is 1.48 bits per heavy atom. The number of hydrogen-bond acceptors (Lipinski definition) is 5. The van der Waals surface area contributed by atoms with Gasteiger partial charge in [0.05, 0.1) is 4.92 Å². The van der Waals surface area contributed by atoms with Gasteiger partial charge < -0.3 is 5.73 Å². The van der Waals surface area contributed by atoms with Crippen molar-refractivity contribution in [1.29, 1.82) is 0 Å². The smallest absolute Gasteiger partial charge is 0.289 e. The fourth-order valence-corrected chi connectivity index (χ4v) is 4.66. The minimum absolute atomic E-state index is 0. The van der Waals surface area contributed by atoms with Gasteiger partial charge in [-0.2, -0.15) is 4.31 Å². The zero-order valence-electron chi connectivity index (χ0n) is 11.6. The topological polar surface area (TPSA) is 107 Å². The zero-order valence-corrected chi connectivity index (χ0v) is 13.2. The third kappa shape index (κ3) is 3.18. The minimum Gasteiger partial charge on any atom is -0.329 e. The van der Waals surface area contributed by atoms with Gasteiger partial charge in [0.1, 0.15) is 0 Å². The lowest BCUT2D eigenvalue weighted by Gasteiger charge is -2.23. The largest absolute Gasteiger partial charge is 0.329 e. The Labute approximate surface area is 129 Å². The Kier molecular flexibility index (Phi) is 5.68. The molecule has 1 aliphatic heterocycles. The molecule has 2 rings (SSSR count). The van der Waals surface area contributed by atoms with Gasteiger partial charge in [-0.3, -0.25) is 10.1 Å². The highest BCUT2D eigenvalue weighted by atomic mass is 35.5. The molecule has 1 aromatic rings. The third-order valence-electron chi connectivity index (χ3n) is 3.55. The summed E-state index contributed by atoms with van der Waals surface area (Å²) in [6.07, 6.45) is 1.41. The van der Waals surface area contributed by atoms with Crippen LogP contribution >= 0.6 is 12.4 Å². The summed E-state index contributed by atoms with van der Waals surface area (Å²) in [4.78, 5) is 10.2. The first-order chi connectivity index (χ1) is 9.39. The van der Waals surface area contributed by atoms with Crippen molar-refractivity contribution in [3.8, 4) is 0 Å². The predicted molar refractivity (Wildman–Crippen MR) is 81.0 cm³/mol. The second-order valence-corrected chi connectivity index (χ2v) is 6.66. The number of hydrogen-bond donors (Lipinski definition) is 1. The molecule has 1 unspecified atom stereocenters. The lowest BCUT2D eigenvalue weighted by molar-refractivity contribution is -0.387. The van der Waals surface area contributed by atoms with Crippen LogP contribution in [-0.4, -0.2) is 36.8 Å². The van der Waals surface area contributed by atoms with E-state index in [2.05, 4.69) is 0 Å². The van der Waals surface area contributed by atoms with Crippen LogP contribution in [0.5, 0.6) is 0 Å². The Bertz CT molecular complexity index is 635. The standard InChI is InChI=1S/C12H17N3O4S.ClH/c1-9-4-2-6-11(15(16)17)12(9)20(18,19)14-7-3-5-10(14)8-13;/h2,4,6,10H,3,5,7-8,13H2,1H3;1H. The van der Waals surface area contributed by atoms with Crippen molar-refractivity contribution in [1.82, 2.24) is 4.31 Å². The van der Waals surface area contributed by atoms with E-state index in [1.54, 1.807) is 13.0 Å². The van der Waals surface area contributed by atoms with Gasteiger partial charge in [-0.15, -0.1) is 12.4 Å². The molecule has 1 heterocycles. The van der Waals surface area contributed by atoms with Gasteiger partial charge >= 0.3 is 0 Å². The summed E-state index contributed by atoms with van der Waals surface area (Å²) in [5.74, 6) is 0. The van der Waals surface area contributed by atoms with Crippen LogP contribution in [0.3, 0.4) is 0 Å². The average molecular weight is 336 g/mol. The molecule has 0 amide bonds. The summed E-state index contributed by atoms with van der Waals surface area (Å²) in [6, 6.07) is 3.98. The fraction of sp³-hybridized carbons (Fsp3) is 0.500. The van der Waals surface area contributed by atoms with E-state index in [1.807, 2.05) is 0 Å². The van der Waals surface area contributed by atoms with Gasteiger partial charge in [0.15, 0.2) is 4.90 Å². The molecule has 1 aromatic carbocycles. The number of sulfonamides is 1. The summed E-state index contributed by atoms with van der Waals surface area (Å²) in [7, 11) is -3.89. The molecule has 0 radical (unpaired) electrons. The van der Waals surface area contributed by atoms with Crippen molar-refractivity contribution < 1.29 is 13.3 Å². The Hall–Kier alpha value is -1.22. The quantitative estimate of drug-likeness (QED) is 0.661. The monoisotopic (exact) mass is 335 g/mol. The fourth-order valence-electron chi connectivity index (χ4n) is 2.59. The molecule has 2 N–H and O–H groups in total. The van der Waals surface area contributed by atoms with E-state index < -0.39 is 14.9 Å². The number of nitro groups is 1. The Balaban J connectivity index is 0.00000220. The summed E-state index contributed by atoms with van der Waals surface area (Å²) in [6.45, 7) is 2.14. The van der Waals surface area contributed by atoms with Gasteiger partial charge in [-0.25, -0.2) is 8.42 Å². The first-order valence-electron chi connectivity index (χ1n) is 6.35. The van der Waals surface area contributed by atoms with Gasteiger partial charge in [0.25, 0.3) is 5.69 Å². The highest BCUT2D eigenvalue weighted by molar-refractivity contribution is 7.89. The van der Waals surface area contributed by atoms with E-state index in [9.17, 15) is 18.5 Å². The molecule has 0 bridgehead atoms. The van der Waals surface area contributed by atoms with E-state index in [1.165, 1.54) is 16.4 Å². The van der Waals surface area contributed by atoms with Crippen molar-refractivity contribution in [2.45, 2.75) is 30.7 Å². The lowest BCUT2D eigenvalue weighted by Crippen LogP contribution is -2.40. The summed E-state index contributed by atoms with van der Waals surface area (Å²) in [5, 5.41) is 11.1. The third-order valence-corrected chi connectivity index (χ3v) is 5.69. The van der Waals surface area contributed by atoms with Crippen molar-refractivity contribution in [3.05, 3.63) is 33.9 Å². The molecule has 0 saturated carbocycles. The SMILES string of the molecule is Cc1cccc([N+](=O)[O-])c1S(=O)(=O)N1CCCC1CN.Cl. The molecule has 118 valence electrons. The van der Waals surface area contributed by atoms with Gasteiger partial charge in [-0.05, 0) is 25.3 Å². The van der Waals surface area contributed by atoms with Crippen molar-refractivity contribution >= 4 is 28.1 Å². The first-order valence-corrected chi connectivity index (χ1v) is 7.79. The average Bonchev–Trinajstić information content (AvgIpc) is 2.87. The van der Waals surface area contributed by atoms with Crippen LogP contribution in [0.4, 0.5) is 5.69 Å². The first kappa shape index (κ1) is 17.8. The molecule has 1 aliphatic rings. The lowest BCUT2D eigenvalue weighted by atomic mass is 10.2. The van der Waals surface area contributed by atoms with E-state index in [-0.39, 0.29) is 35.6 Å². The number of nitrogens with two attached hydrogens (primary N) is 1. The number of rotatable bonds is 4. The number of halogens is 1. The van der Waals surface area contributed by atoms with Crippen LogP contribution in [0, 0.1) is 17.0 Å². The van der Waals surface area contributed by atoms with E-state index >= 15 is 0 Å². The van der Waals surface area contributed by atoms with Crippen LogP contribution in [0.25, 0.3) is 0 Å². The summed E-state index contributed by atoms with van der Waals surface area (Å²) >= 11 is 0. The van der Waals surface area contributed by atoms with Crippen LogP contribution in [0.1, 0.15) is 18.4 Å². The van der Waals surface area contributed by atoms with Gasteiger partial charge in [-0.1, -0.05) is 12.1 Å². The maximum absolute atomic E-state index is 12.7. The van der Waals surface area contributed by atoms with Crippen molar-refractivity contribution in [2.75, 3.05) is 13.1 Å². The molecule has 9 heteroatoms. The van der Waals surface area contributed by atoms with Crippen LogP contribution < -0.4 is 5.73 Å². The van der Waals surface area contributed by atoms with E-state index in [4.69, 9.17) is 5.73 Å². The highest BCUT2D eigenvalue weighted by Crippen LogP contribution is 2.33. The summed E-state index contributed by atoms with van der Waals surface area (Å²) in [5.41, 5.74) is 5.59. The van der Waals surface area contributed by atoms with E-state index in [0.29, 0.717) is 18.5 Å². The summed E-state index contributed by atoms with van der Waals surface area (Å²) < 4.78 is 26.7. The molecule has 7 nitrogen and oxygen atoms in total. The molecule has 0 aromatic heterocycles. The van der Waals surface area contributed by atoms with Gasteiger partial charge in [0, 0.05) is 25.2 Å². The van der Waals surface area contributed by atoms with E-state index in [0.717, 1.165) is 6.42 Å². The number of nitro benzene ring substituents is 1. The molecule has 1 atom stereocenters. The van der Waals surface area contributed by atoms with Crippen LogP contribution in [0.15, 0.2) is 23.1 Å². The minimum atomic E-state index is -3.89. The second kappa shape index (κ2) is 6.69. The zero-order chi connectivity index (χ0) is 14.9. The predicted octanol–water partition coefficient (Wildman–Crippen LogP) is 1.44. The van der Waals surface area contributed by atoms with Crippen molar-refractivity contribution in [3.63, 3.8) is 0 Å². The molecule has 1 fully saturated rings. The highest BCUT2D eigenvalue weighted by Gasteiger charge is 2.39. The maximum atomic E-state index is 12.7. The molecule has 0 aliphatic carbocycles. The second-order valence-electron chi connectivity index (χ2n) is 4.83. The molecule has 21 heavy (non-hydrogen) atoms. The Morgan fingerprint density at radius 2 is 2.14 bits per heavy atom. The number of benzene rings is 1. The number of aryl methyl sites for hydroxylation is 1. The maximum Gasteiger partial charge on any atom is 0.289 e. The van der Waals surface area contributed by atoms with Gasteiger partial charge in [0.2, 0.25) is 10.0 Å². The van der Waals surface area contributed by atoms with Crippen molar-refractivity contribution in [2.24, 2.45) is 5.73 Å². The Morgan fingerprint density at radius 3 is 2.71 bits per heavy atom. The number of nitrogens with zero attached hydrogens (tertiary/aromatic N) is 2. The van der Waals surface area contributed by atoms with Crippen LogP contribution in [-0.2, 0) is 10.0 Å². The molecular formula is C12H18ClN3O4S. The molecular weight excluding hydrogens is 318 g/mol.